The zero-order valence-electron chi connectivity index (χ0n) is 20.0. The van der Waals surface area contributed by atoms with Gasteiger partial charge in [0.2, 0.25) is 5.88 Å². The van der Waals surface area contributed by atoms with Gasteiger partial charge in [-0.3, -0.25) is 4.79 Å². The van der Waals surface area contributed by atoms with Crippen molar-refractivity contribution in [1.29, 1.82) is 0 Å². The number of nitrogens with zero attached hydrogens (tertiary/aromatic N) is 4. The number of aromatic nitrogens is 1. The van der Waals surface area contributed by atoms with Crippen LogP contribution in [-0.2, 0) is 6.42 Å². The maximum absolute atomic E-state index is 11.8. The van der Waals surface area contributed by atoms with Crippen molar-refractivity contribution in [1.82, 2.24) is 14.8 Å². The Labute approximate surface area is 204 Å². The average Bonchev–Trinajstić information content (AvgIpc) is 3.40. The Bertz CT molecular complexity index is 1300. The van der Waals surface area contributed by atoms with Gasteiger partial charge in [0.15, 0.2) is 23.6 Å². The Morgan fingerprint density at radius 2 is 2.03 bits per heavy atom. The molecule has 5 rings (SSSR count). The Morgan fingerprint density at radius 1 is 1.20 bits per heavy atom. The number of nitrogens with one attached hydrogen (secondary N) is 1. The minimum Gasteiger partial charge on any atom is -0.504 e. The highest BCUT2D eigenvalue weighted by Crippen LogP contribution is 2.38. The van der Waals surface area contributed by atoms with Crippen molar-refractivity contribution in [2.24, 2.45) is 4.99 Å². The molecule has 1 fully saturated rings. The molecule has 2 aliphatic heterocycles. The van der Waals surface area contributed by atoms with E-state index in [9.17, 15) is 9.90 Å². The van der Waals surface area contributed by atoms with E-state index in [1.807, 2.05) is 25.1 Å². The first-order valence-electron chi connectivity index (χ1n) is 11.8. The highest BCUT2D eigenvalue weighted by molar-refractivity contribution is 6.21. The minimum atomic E-state index is -0.206. The molecule has 3 aromatic rings. The zero-order valence-corrected chi connectivity index (χ0v) is 20.0. The number of aliphatic imine (C=N–C) groups is 1. The predicted octanol–water partition coefficient (Wildman–Crippen LogP) is 4.29. The lowest BCUT2D eigenvalue weighted by Gasteiger charge is -2.32. The zero-order chi connectivity index (χ0) is 24.4. The Balaban J connectivity index is 1.32. The molecule has 0 unspecified atom stereocenters. The second-order valence-electron chi connectivity index (χ2n) is 9.08. The number of hydrogen-bond donors (Lipinski definition) is 2. The summed E-state index contributed by atoms with van der Waals surface area (Å²) in [5.74, 6) is 0.803. The van der Waals surface area contributed by atoms with Crippen molar-refractivity contribution in [3.05, 3.63) is 64.5 Å². The molecule has 180 valence electrons. The molecule has 0 amide bonds. The fourth-order valence-electron chi connectivity index (χ4n) is 4.44. The summed E-state index contributed by atoms with van der Waals surface area (Å²) >= 11 is 0. The summed E-state index contributed by atoms with van der Waals surface area (Å²) in [5, 5.41) is 13.8. The number of piperazine rings is 1. The third-order valence-electron chi connectivity index (χ3n) is 6.62. The third-order valence-corrected chi connectivity index (χ3v) is 6.62. The third kappa shape index (κ3) is 4.89. The molecule has 8 heteroatoms. The summed E-state index contributed by atoms with van der Waals surface area (Å²) in [5.41, 5.74) is 4.80. The van der Waals surface area contributed by atoms with Gasteiger partial charge >= 0.3 is 0 Å². The van der Waals surface area contributed by atoms with Gasteiger partial charge in [0.25, 0.3) is 0 Å². The number of carbonyl (C=O) groups excluding carboxylic acids is 1. The van der Waals surface area contributed by atoms with Gasteiger partial charge in [0, 0.05) is 62.0 Å². The van der Waals surface area contributed by atoms with E-state index in [1.54, 1.807) is 18.5 Å². The van der Waals surface area contributed by atoms with E-state index in [4.69, 9.17) is 4.42 Å². The van der Waals surface area contributed by atoms with Crippen LogP contribution >= 0.6 is 0 Å². The predicted molar refractivity (Wildman–Crippen MR) is 138 cm³/mol. The Kier molecular flexibility index (Phi) is 6.48. The molecule has 2 aromatic heterocycles. The molecule has 1 saturated heterocycles. The second kappa shape index (κ2) is 9.85. The van der Waals surface area contributed by atoms with Crippen LogP contribution in [0.4, 0.5) is 17.4 Å². The number of benzene rings is 1. The number of pyridine rings is 1. The average molecular weight is 472 g/mol. The normalized spacial score (nSPS) is 17.1. The van der Waals surface area contributed by atoms with Gasteiger partial charge in [-0.15, -0.1) is 0 Å². The van der Waals surface area contributed by atoms with E-state index in [1.165, 1.54) is 5.56 Å². The van der Waals surface area contributed by atoms with Gasteiger partial charge in [-0.1, -0.05) is 12.1 Å². The Hall–Kier alpha value is -3.75. The molecular weight excluding hydrogens is 442 g/mol. The lowest BCUT2D eigenvalue weighted by Crippen LogP contribution is -2.45. The second-order valence-corrected chi connectivity index (χ2v) is 9.08. The van der Waals surface area contributed by atoms with E-state index in [-0.39, 0.29) is 23.0 Å². The molecule has 2 aliphatic rings. The standard InChI is InChI=1S/C27H29N5O3/c1-18-14-19(7-9-32-12-10-31(2)11-13-32)5-6-23(18)30-27-22(17-33)25(34)24(35-27)15-20-16-29-26-21(20)4-3-8-28-26/h3-6,8,14-17,30,34H,7,9-13H2,1-2H3. The monoisotopic (exact) mass is 471 g/mol. The number of aromatic hydroxyl groups is 1. The molecule has 0 radical (unpaired) electrons. The van der Waals surface area contributed by atoms with Crippen molar-refractivity contribution in [2.75, 3.05) is 45.1 Å². The molecule has 0 saturated carbocycles. The van der Waals surface area contributed by atoms with Gasteiger partial charge in [-0.2, -0.15) is 0 Å². The first kappa shape index (κ1) is 23.0. The van der Waals surface area contributed by atoms with E-state index >= 15 is 0 Å². The van der Waals surface area contributed by atoms with Crippen molar-refractivity contribution < 1.29 is 14.3 Å². The summed E-state index contributed by atoms with van der Waals surface area (Å²) < 4.78 is 5.88. The van der Waals surface area contributed by atoms with E-state index in [0.717, 1.165) is 61.5 Å². The maximum atomic E-state index is 11.8. The molecule has 8 nitrogen and oxygen atoms in total. The van der Waals surface area contributed by atoms with Crippen LogP contribution in [-0.4, -0.2) is 72.2 Å². The highest BCUT2D eigenvalue weighted by atomic mass is 16.4. The first-order valence-corrected chi connectivity index (χ1v) is 11.8. The fourth-order valence-corrected chi connectivity index (χ4v) is 4.44. The molecule has 35 heavy (non-hydrogen) atoms. The van der Waals surface area contributed by atoms with Crippen LogP contribution in [0.25, 0.3) is 11.6 Å². The van der Waals surface area contributed by atoms with Crippen molar-refractivity contribution >= 4 is 41.5 Å². The minimum absolute atomic E-state index is 0.0803. The van der Waals surface area contributed by atoms with Crippen LogP contribution < -0.4 is 5.32 Å². The lowest BCUT2D eigenvalue weighted by atomic mass is 10.1. The number of hydrogen-bond acceptors (Lipinski definition) is 8. The van der Waals surface area contributed by atoms with Crippen molar-refractivity contribution in [3.8, 4) is 5.75 Å². The Morgan fingerprint density at radius 3 is 2.80 bits per heavy atom. The summed E-state index contributed by atoms with van der Waals surface area (Å²) in [7, 11) is 2.17. The van der Waals surface area contributed by atoms with Crippen molar-refractivity contribution in [3.63, 3.8) is 0 Å². The van der Waals surface area contributed by atoms with Gasteiger partial charge in [0.05, 0.1) is 0 Å². The number of furan rings is 1. The van der Waals surface area contributed by atoms with Crippen molar-refractivity contribution in [2.45, 2.75) is 13.3 Å². The summed E-state index contributed by atoms with van der Waals surface area (Å²) in [6, 6.07) is 9.97. The van der Waals surface area contributed by atoms with Gasteiger partial charge < -0.3 is 24.6 Å². The van der Waals surface area contributed by atoms with E-state index in [0.29, 0.717) is 12.1 Å². The van der Waals surface area contributed by atoms with Gasteiger partial charge in [-0.05, 0) is 55.8 Å². The molecule has 2 N–H and O–H groups in total. The fraction of sp³-hybridized carbons (Fsp3) is 0.296. The molecule has 0 atom stereocenters. The number of allylic oxidation sites excluding steroid dienone is 1. The summed E-state index contributed by atoms with van der Waals surface area (Å²) in [6.07, 6.45) is 6.59. The van der Waals surface area contributed by atoms with Crippen LogP contribution in [0, 0.1) is 6.92 Å². The number of fused-ring (bicyclic) bond motifs is 1. The van der Waals surface area contributed by atoms with Crippen LogP contribution in [0.3, 0.4) is 0 Å². The molecule has 0 spiro atoms. The molecule has 0 aliphatic carbocycles. The topological polar surface area (TPSA) is 94.2 Å². The van der Waals surface area contributed by atoms with Crippen LogP contribution in [0.1, 0.15) is 32.8 Å². The number of anilines is 2. The quantitative estimate of drug-likeness (QED) is 0.497. The maximum Gasteiger partial charge on any atom is 0.212 e. The summed E-state index contributed by atoms with van der Waals surface area (Å²) in [4.78, 5) is 25.1. The number of likely N-dealkylation sites (N-methyl/N-ethyl adjacent to an activating group) is 1. The molecule has 4 heterocycles. The van der Waals surface area contributed by atoms with E-state index in [2.05, 4.69) is 44.3 Å². The number of aryl methyl sites for hydroxylation is 1. The van der Waals surface area contributed by atoms with Gasteiger partial charge in [-0.25, -0.2) is 9.98 Å². The molecular formula is C27H29N5O3. The SMILES string of the molecule is Cc1cc(CCN2CCN(C)CC2)ccc1Nc1oc(C=C2C=Nc3ncccc32)c(O)c1C=O. The van der Waals surface area contributed by atoms with Crippen LogP contribution in [0.2, 0.25) is 0 Å². The van der Waals surface area contributed by atoms with Gasteiger partial charge in [0.1, 0.15) is 5.56 Å². The first-order chi connectivity index (χ1) is 17.0. The number of carbonyl (C=O) groups is 1. The lowest BCUT2D eigenvalue weighted by molar-refractivity contribution is 0.112. The van der Waals surface area contributed by atoms with Crippen LogP contribution in [0.15, 0.2) is 45.9 Å². The smallest absolute Gasteiger partial charge is 0.212 e. The summed E-state index contributed by atoms with van der Waals surface area (Å²) in [6.45, 7) is 7.52. The number of rotatable bonds is 7. The van der Waals surface area contributed by atoms with Crippen LogP contribution in [0.5, 0.6) is 5.75 Å². The number of aldehydes is 1. The largest absolute Gasteiger partial charge is 0.504 e. The van der Waals surface area contributed by atoms with E-state index < -0.39 is 0 Å². The highest BCUT2D eigenvalue weighted by Gasteiger charge is 2.21. The molecule has 0 bridgehead atoms. The molecule has 1 aromatic carbocycles.